The molecule has 2 aromatic carbocycles. The van der Waals surface area contributed by atoms with Gasteiger partial charge in [0.1, 0.15) is 5.76 Å². The molecule has 7 nitrogen and oxygen atoms in total. The molecule has 0 bridgehead atoms. The summed E-state index contributed by atoms with van der Waals surface area (Å²) in [4.78, 5) is 26.4. The highest BCUT2D eigenvalue weighted by atomic mass is 32.2. The molecule has 0 unspecified atom stereocenters. The Hall–Kier alpha value is -4.43. The normalized spacial score (nSPS) is 15.3. The second kappa shape index (κ2) is 12.4. The number of alkyl halides is 3. The summed E-state index contributed by atoms with van der Waals surface area (Å²) >= 11 is 0.947. The smallest absolute Gasteiger partial charge is 0.418 e. The van der Waals surface area contributed by atoms with Gasteiger partial charge in [0, 0.05) is 11.4 Å². The van der Waals surface area contributed by atoms with E-state index in [9.17, 15) is 28.0 Å². The number of hydrogen-bond acceptors (Lipinski definition) is 6. The summed E-state index contributed by atoms with van der Waals surface area (Å²) in [6, 6.07) is 15.9. The van der Waals surface area contributed by atoms with Crippen molar-refractivity contribution < 1.29 is 27.2 Å². The van der Waals surface area contributed by atoms with Crippen molar-refractivity contribution >= 4 is 35.0 Å². The van der Waals surface area contributed by atoms with E-state index in [2.05, 4.69) is 22.0 Å². The molecule has 0 fully saturated rings. The van der Waals surface area contributed by atoms with Crippen LogP contribution in [0.2, 0.25) is 0 Å². The summed E-state index contributed by atoms with van der Waals surface area (Å²) in [5, 5.41) is 18.8. The zero-order valence-electron chi connectivity index (χ0n) is 22.5. The second-order valence-electron chi connectivity index (χ2n) is 9.26. The van der Waals surface area contributed by atoms with Gasteiger partial charge in [0.2, 0.25) is 5.91 Å². The van der Waals surface area contributed by atoms with Gasteiger partial charge >= 0.3 is 6.18 Å². The molecule has 11 heteroatoms. The van der Waals surface area contributed by atoms with Crippen molar-refractivity contribution in [2.24, 2.45) is 0 Å². The number of nitriles is 1. The average molecular weight is 581 g/mol. The van der Waals surface area contributed by atoms with Crippen LogP contribution in [-0.2, 0) is 22.2 Å². The third-order valence-electron chi connectivity index (χ3n) is 6.55. The lowest BCUT2D eigenvalue weighted by molar-refractivity contribution is -0.137. The van der Waals surface area contributed by atoms with Gasteiger partial charge in [0.25, 0.3) is 5.91 Å². The van der Waals surface area contributed by atoms with Crippen LogP contribution in [0.3, 0.4) is 0 Å². The quantitative estimate of drug-likeness (QED) is 0.268. The fraction of sp³-hybridized carbons (Fsp3) is 0.233. The van der Waals surface area contributed by atoms with Gasteiger partial charge in [-0.25, -0.2) is 0 Å². The van der Waals surface area contributed by atoms with E-state index in [1.165, 1.54) is 24.5 Å². The minimum Gasteiger partial charge on any atom is -0.468 e. The van der Waals surface area contributed by atoms with E-state index < -0.39 is 29.5 Å². The number of dihydropyridines is 1. The Morgan fingerprint density at radius 2 is 1.83 bits per heavy atom. The molecule has 0 radical (unpaired) electrons. The SMILES string of the molecule is CCc1cccc(C)c1NC(=O)C1=C(C)NC(SCC(=O)Nc2ccccc2C(F)(F)F)=C(C#N)[C@@H]1c1ccco1. The Labute approximate surface area is 239 Å². The topological polar surface area (TPSA) is 107 Å². The van der Waals surface area contributed by atoms with Crippen LogP contribution in [0.15, 0.2) is 87.1 Å². The van der Waals surface area contributed by atoms with E-state index in [4.69, 9.17) is 4.42 Å². The maximum atomic E-state index is 13.7. The van der Waals surface area contributed by atoms with Gasteiger partial charge in [-0.2, -0.15) is 18.4 Å². The number of furan rings is 1. The number of amides is 2. The summed E-state index contributed by atoms with van der Waals surface area (Å²) < 4.78 is 45.6. The van der Waals surface area contributed by atoms with E-state index in [0.717, 1.165) is 29.0 Å². The van der Waals surface area contributed by atoms with Crippen LogP contribution in [0.1, 0.15) is 42.2 Å². The van der Waals surface area contributed by atoms with Crippen molar-refractivity contribution in [3.63, 3.8) is 0 Å². The average Bonchev–Trinajstić information content (AvgIpc) is 3.47. The number of para-hydroxylation sites is 2. The number of carbonyl (C=O) groups is 2. The minimum absolute atomic E-state index is 0.143. The number of halogens is 3. The fourth-order valence-electron chi connectivity index (χ4n) is 4.61. The number of rotatable bonds is 8. The number of thioether (sulfide) groups is 1. The van der Waals surface area contributed by atoms with Gasteiger partial charge in [-0.1, -0.05) is 49.0 Å². The molecule has 41 heavy (non-hydrogen) atoms. The molecule has 0 saturated carbocycles. The van der Waals surface area contributed by atoms with Crippen LogP contribution in [0, 0.1) is 18.3 Å². The Kier molecular flexibility index (Phi) is 8.93. The molecule has 1 aliphatic heterocycles. The number of nitrogens with one attached hydrogen (secondary N) is 3. The molecular weight excluding hydrogens is 553 g/mol. The standard InChI is InChI=1S/C30H27F3N4O3S/c1-4-19-10-7-9-17(2)27(19)37-28(39)25-18(3)35-29(20(15-34)26(25)23-13-8-14-40-23)41-16-24(38)36-22-12-6-5-11-21(22)30(31,32)33/h5-14,26,35H,4,16H2,1-3H3,(H,36,38)(H,37,39)/t26-/m1/s1. The molecule has 0 aliphatic carbocycles. The predicted octanol–water partition coefficient (Wildman–Crippen LogP) is 6.88. The summed E-state index contributed by atoms with van der Waals surface area (Å²) in [5.41, 5.74) is 2.08. The summed E-state index contributed by atoms with van der Waals surface area (Å²) in [6.07, 6.45) is -2.50. The van der Waals surface area contributed by atoms with Gasteiger partial charge < -0.3 is 20.4 Å². The Bertz CT molecular complexity index is 1570. The fourth-order valence-corrected chi connectivity index (χ4v) is 5.51. The first-order chi connectivity index (χ1) is 19.5. The van der Waals surface area contributed by atoms with E-state index in [0.29, 0.717) is 28.6 Å². The van der Waals surface area contributed by atoms with Gasteiger partial charge in [-0.3, -0.25) is 9.59 Å². The predicted molar refractivity (Wildman–Crippen MR) is 152 cm³/mol. The third-order valence-corrected chi connectivity index (χ3v) is 7.57. The second-order valence-corrected chi connectivity index (χ2v) is 10.2. The van der Waals surface area contributed by atoms with Crippen LogP contribution >= 0.6 is 11.8 Å². The third kappa shape index (κ3) is 6.49. The van der Waals surface area contributed by atoms with Crippen molar-refractivity contribution in [1.29, 1.82) is 5.26 Å². The molecule has 2 amide bonds. The first-order valence-corrected chi connectivity index (χ1v) is 13.7. The van der Waals surface area contributed by atoms with Crippen molar-refractivity contribution in [2.45, 2.75) is 39.3 Å². The van der Waals surface area contributed by atoms with E-state index in [-0.39, 0.29) is 22.6 Å². The molecular formula is C30H27F3N4O3S. The number of anilines is 2. The number of benzene rings is 2. The maximum Gasteiger partial charge on any atom is 0.418 e. The van der Waals surface area contributed by atoms with E-state index in [1.807, 2.05) is 32.0 Å². The summed E-state index contributed by atoms with van der Waals surface area (Å²) in [7, 11) is 0. The molecule has 0 saturated heterocycles. The Morgan fingerprint density at radius 3 is 2.49 bits per heavy atom. The van der Waals surface area contributed by atoms with E-state index in [1.54, 1.807) is 19.1 Å². The lowest BCUT2D eigenvalue weighted by Crippen LogP contribution is -2.31. The number of aryl methyl sites for hydroxylation is 2. The molecule has 3 aromatic rings. The van der Waals surface area contributed by atoms with Crippen LogP contribution in [0.4, 0.5) is 24.5 Å². The molecule has 4 rings (SSSR count). The van der Waals surface area contributed by atoms with E-state index >= 15 is 0 Å². The van der Waals surface area contributed by atoms with Crippen LogP contribution in [-0.4, -0.2) is 17.6 Å². The first-order valence-electron chi connectivity index (χ1n) is 12.7. The first kappa shape index (κ1) is 29.6. The van der Waals surface area contributed by atoms with Gasteiger partial charge in [-0.15, -0.1) is 0 Å². The molecule has 1 aromatic heterocycles. The number of carbonyl (C=O) groups excluding carboxylic acids is 2. The largest absolute Gasteiger partial charge is 0.468 e. The lowest BCUT2D eigenvalue weighted by atomic mass is 9.85. The monoisotopic (exact) mass is 580 g/mol. The van der Waals surface area contributed by atoms with Crippen LogP contribution in [0.5, 0.6) is 0 Å². The zero-order chi connectivity index (χ0) is 29.7. The summed E-state index contributed by atoms with van der Waals surface area (Å²) in [6.45, 7) is 5.56. The lowest BCUT2D eigenvalue weighted by Gasteiger charge is -2.28. The number of hydrogen-bond donors (Lipinski definition) is 3. The highest BCUT2D eigenvalue weighted by Crippen LogP contribution is 2.41. The highest BCUT2D eigenvalue weighted by molar-refractivity contribution is 8.03. The Morgan fingerprint density at radius 1 is 1.07 bits per heavy atom. The zero-order valence-corrected chi connectivity index (χ0v) is 23.3. The van der Waals surface area contributed by atoms with Crippen LogP contribution < -0.4 is 16.0 Å². The van der Waals surface area contributed by atoms with Gasteiger partial charge in [0.05, 0.1) is 51.4 Å². The highest BCUT2D eigenvalue weighted by Gasteiger charge is 2.37. The molecule has 0 spiro atoms. The van der Waals surface area contributed by atoms with Crippen molar-refractivity contribution in [3.8, 4) is 6.07 Å². The molecule has 2 heterocycles. The molecule has 1 aliphatic rings. The number of nitrogens with zero attached hydrogens (tertiary/aromatic N) is 1. The molecule has 212 valence electrons. The molecule has 3 N–H and O–H groups in total. The van der Waals surface area contributed by atoms with Crippen molar-refractivity contribution in [3.05, 3.63) is 105 Å². The van der Waals surface area contributed by atoms with Gasteiger partial charge in [-0.05, 0) is 55.7 Å². The Balaban J connectivity index is 1.61. The van der Waals surface area contributed by atoms with Gasteiger partial charge in [0.15, 0.2) is 0 Å². The minimum atomic E-state index is -4.64. The summed E-state index contributed by atoms with van der Waals surface area (Å²) in [5.74, 6) is -1.91. The maximum absolute atomic E-state index is 13.7. The van der Waals surface area contributed by atoms with Crippen molar-refractivity contribution in [2.75, 3.05) is 16.4 Å². The number of allylic oxidation sites excluding steroid dienone is 2. The van der Waals surface area contributed by atoms with Crippen LogP contribution in [0.25, 0.3) is 0 Å². The molecule has 1 atom stereocenters. The van der Waals surface area contributed by atoms with Crippen molar-refractivity contribution in [1.82, 2.24) is 5.32 Å².